The predicted octanol–water partition coefficient (Wildman–Crippen LogP) is 4.46. The first-order valence-corrected chi connectivity index (χ1v) is 6.50. The zero-order valence-electron chi connectivity index (χ0n) is 10.2. The molecule has 0 spiro atoms. The van der Waals surface area contributed by atoms with Gasteiger partial charge in [-0.05, 0) is 48.4 Å². The minimum Gasteiger partial charge on any atom is -0.294 e. The molecular formula is C15H11BrF2O. The van der Waals surface area contributed by atoms with Crippen molar-refractivity contribution in [3.8, 4) is 0 Å². The van der Waals surface area contributed by atoms with Crippen molar-refractivity contribution in [1.29, 1.82) is 0 Å². The summed E-state index contributed by atoms with van der Waals surface area (Å²) in [6.45, 7) is 1.79. The normalized spacial score (nSPS) is 10.5. The van der Waals surface area contributed by atoms with Crippen LogP contribution in [0.1, 0.15) is 21.5 Å². The van der Waals surface area contributed by atoms with Crippen LogP contribution in [0.15, 0.2) is 40.9 Å². The van der Waals surface area contributed by atoms with Crippen LogP contribution in [0.2, 0.25) is 0 Å². The fraction of sp³-hybridized carbons (Fsp3) is 0.133. The van der Waals surface area contributed by atoms with Crippen molar-refractivity contribution in [2.45, 2.75) is 13.3 Å². The van der Waals surface area contributed by atoms with Crippen LogP contribution < -0.4 is 0 Å². The lowest BCUT2D eigenvalue weighted by atomic mass is 9.99. The van der Waals surface area contributed by atoms with Crippen molar-refractivity contribution in [2.24, 2.45) is 0 Å². The van der Waals surface area contributed by atoms with E-state index in [0.717, 1.165) is 5.56 Å². The lowest BCUT2D eigenvalue weighted by Crippen LogP contribution is -2.07. The molecule has 0 amide bonds. The van der Waals surface area contributed by atoms with Crippen molar-refractivity contribution in [3.63, 3.8) is 0 Å². The van der Waals surface area contributed by atoms with E-state index in [1.165, 1.54) is 24.3 Å². The molecule has 0 N–H and O–H groups in total. The van der Waals surface area contributed by atoms with Gasteiger partial charge in [-0.25, -0.2) is 8.78 Å². The quantitative estimate of drug-likeness (QED) is 0.762. The molecule has 0 aliphatic heterocycles. The molecule has 0 aromatic heterocycles. The molecule has 2 aromatic rings. The van der Waals surface area contributed by atoms with Gasteiger partial charge in [0.2, 0.25) is 0 Å². The Balaban J connectivity index is 2.28. The molecule has 2 aromatic carbocycles. The third-order valence-electron chi connectivity index (χ3n) is 2.89. The highest BCUT2D eigenvalue weighted by Gasteiger charge is 2.14. The topological polar surface area (TPSA) is 17.1 Å². The number of Topliss-reactive ketones (excluding diaryl/α,β-unsaturated/α-hetero) is 1. The summed E-state index contributed by atoms with van der Waals surface area (Å²) >= 11 is 3.13. The van der Waals surface area contributed by atoms with E-state index in [4.69, 9.17) is 0 Å². The fourth-order valence-corrected chi connectivity index (χ4v) is 2.15. The SMILES string of the molecule is Cc1ccc(F)cc1CC(=O)c1ccc(Br)cc1F. The molecule has 0 bridgehead atoms. The van der Waals surface area contributed by atoms with Gasteiger partial charge in [0.25, 0.3) is 0 Å². The number of benzene rings is 2. The molecule has 0 aliphatic carbocycles. The van der Waals surface area contributed by atoms with Gasteiger partial charge in [0.05, 0.1) is 5.56 Å². The van der Waals surface area contributed by atoms with Gasteiger partial charge in [0.1, 0.15) is 11.6 Å². The van der Waals surface area contributed by atoms with E-state index < -0.39 is 11.6 Å². The highest BCUT2D eigenvalue weighted by Crippen LogP contribution is 2.18. The van der Waals surface area contributed by atoms with Gasteiger partial charge < -0.3 is 0 Å². The second kappa shape index (κ2) is 5.61. The van der Waals surface area contributed by atoms with Crippen LogP contribution in [0.4, 0.5) is 8.78 Å². The average molecular weight is 325 g/mol. The number of hydrogen-bond donors (Lipinski definition) is 0. The maximum Gasteiger partial charge on any atom is 0.170 e. The molecule has 0 saturated heterocycles. The summed E-state index contributed by atoms with van der Waals surface area (Å²) in [6, 6.07) is 8.53. The monoisotopic (exact) mass is 324 g/mol. The average Bonchev–Trinajstić information content (AvgIpc) is 2.33. The number of carbonyl (C=O) groups is 1. The van der Waals surface area contributed by atoms with Crippen LogP contribution in [-0.4, -0.2) is 5.78 Å². The van der Waals surface area contributed by atoms with Crippen LogP contribution >= 0.6 is 15.9 Å². The van der Waals surface area contributed by atoms with Gasteiger partial charge in [-0.2, -0.15) is 0 Å². The van der Waals surface area contributed by atoms with E-state index in [0.29, 0.717) is 10.0 Å². The number of rotatable bonds is 3. The summed E-state index contributed by atoms with van der Waals surface area (Å²) in [5, 5.41) is 0. The summed E-state index contributed by atoms with van der Waals surface area (Å²) in [5.74, 6) is -1.34. The van der Waals surface area contributed by atoms with E-state index in [2.05, 4.69) is 15.9 Å². The van der Waals surface area contributed by atoms with Crippen molar-refractivity contribution < 1.29 is 13.6 Å². The van der Waals surface area contributed by atoms with E-state index in [9.17, 15) is 13.6 Å². The molecule has 0 heterocycles. The smallest absolute Gasteiger partial charge is 0.170 e. The van der Waals surface area contributed by atoms with Crippen LogP contribution in [0.5, 0.6) is 0 Å². The van der Waals surface area contributed by atoms with Gasteiger partial charge in [0.15, 0.2) is 5.78 Å². The molecular weight excluding hydrogens is 314 g/mol. The molecule has 0 atom stereocenters. The Kier molecular flexibility index (Phi) is 4.10. The van der Waals surface area contributed by atoms with Crippen molar-refractivity contribution in [1.82, 2.24) is 0 Å². The van der Waals surface area contributed by atoms with E-state index in [-0.39, 0.29) is 17.8 Å². The minimum atomic E-state index is -0.576. The van der Waals surface area contributed by atoms with Crippen LogP contribution in [0.25, 0.3) is 0 Å². The summed E-state index contributed by atoms with van der Waals surface area (Å²) in [6.07, 6.45) is -0.0118. The zero-order chi connectivity index (χ0) is 14.0. The van der Waals surface area contributed by atoms with Gasteiger partial charge in [-0.15, -0.1) is 0 Å². The summed E-state index contributed by atoms with van der Waals surface area (Å²) in [4.78, 5) is 12.0. The van der Waals surface area contributed by atoms with Gasteiger partial charge >= 0.3 is 0 Å². The molecule has 0 radical (unpaired) electrons. The van der Waals surface area contributed by atoms with Gasteiger partial charge in [-0.1, -0.05) is 22.0 Å². The number of ketones is 1. The second-order valence-electron chi connectivity index (χ2n) is 4.29. The second-order valence-corrected chi connectivity index (χ2v) is 5.21. The molecule has 19 heavy (non-hydrogen) atoms. The third kappa shape index (κ3) is 3.26. The van der Waals surface area contributed by atoms with Crippen molar-refractivity contribution in [3.05, 3.63) is 69.2 Å². The summed E-state index contributed by atoms with van der Waals surface area (Å²) in [7, 11) is 0. The summed E-state index contributed by atoms with van der Waals surface area (Å²) in [5.41, 5.74) is 1.41. The molecule has 1 nitrogen and oxygen atoms in total. The minimum absolute atomic E-state index is 0.0118. The fourth-order valence-electron chi connectivity index (χ4n) is 1.81. The lowest BCUT2D eigenvalue weighted by molar-refractivity contribution is 0.0989. The number of carbonyl (C=O) groups excluding carboxylic acids is 1. The van der Waals surface area contributed by atoms with Crippen LogP contribution in [-0.2, 0) is 6.42 Å². The Labute approximate surface area is 118 Å². The Morgan fingerprint density at radius 1 is 1.16 bits per heavy atom. The Hall–Kier alpha value is -1.55. The van der Waals surface area contributed by atoms with E-state index in [1.54, 1.807) is 19.1 Å². The highest BCUT2D eigenvalue weighted by molar-refractivity contribution is 9.10. The highest BCUT2D eigenvalue weighted by atomic mass is 79.9. The van der Waals surface area contributed by atoms with Gasteiger partial charge in [0, 0.05) is 10.9 Å². The first kappa shape index (κ1) is 13.9. The van der Waals surface area contributed by atoms with Gasteiger partial charge in [-0.3, -0.25) is 4.79 Å². The molecule has 98 valence electrons. The predicted molar refractivity (Wildman–Crippen MR) is 73.3 cm³/mol. The molecule has 4 heteroatoms. The Morgan fingerprint density at radius 2 is 1.89 bits per heavy atom. The first-order valence-electron chi connectivity index (χ1n) is 5.70. The van der Waals surface area contributed by atoms with E-state index in [1.807, 2.05) is 0 Å². The standard InChI is InChI=1S/C15H11BrF2O/c1-9-2-4-12(17)6-10(9)7-15(19)13-5-3-11(16)8-14(13)18/h2-6,8H,7H2,1H3. The number of halogens is 3. The zero-order valence-corrected chi connectivity index (χ0v) is 11.8. The molecule has 0 unspecified atom stereocenters. The number of aryl methyl sites for hydroxylation is 1. The Bertz CT molecular complexity index is 638. The maximum atomic E-state index is 13.7. The van der Waals surface area contributed by atoms with E-state index >= 15 is 0 Å². The molecule has 0 fully saturated rings. The first-order chi connectivity index (χ1) is 8.97. The maximum absolute atomic E-state index is 13.7. The molecule has 0 aliphatic rings. The Morgan fingerprint density at radius 3 is 2.58 bits per heavy atom. The van der Waals surface area contributed by atoms with Crippen molar-refractivity contribution >= 4 is 21.7 Å². The van der Waals surface area contributed by atoms with Crippen LogP contribution in [0, 0.1) is 18.6 Å². The molecule has 0 saturated carbocycles. The largest absolute Gasteiger partial charge is 0.294 e. The van der Waals surface area contributed by atoms with Crippen LogP contribution in [0.3, 0.4) is 0 Å². The third-order valence-corrected chi connectivity index (χ3v) is 3.39. The number of hydrogen-bond acceptors (Lipinski definition) is 1. The molecule has 2 rings (SSSR count). The summed E-state index contributed by atoms with van der Waals surface area (Å²) < 4.78 is 27.4. The van der Waals surface area contributed by atoms with Crippen molar-refractivity contribution in [2.75, 3.05) is 0 Å². The lowest BCUT2D eigenvalue weighted by Gasteiger charge is -2.06.